The van der Waals surface area contributed by atoms with Gasteiger partial charge in [-0.15, -0.1) is 0 Å². The third-order valence-corrected chi connectivity index (χ3v) is 11.6. The average Bonchev–Trinajstić information content (AvgIpc) is 3.48. The van der Waals surface area contributed by atoms with E-state index in [0.717, 1.165) is 75.9 Å². The molecule has 0 unspecified atom stereocenters. The summed E-state index contributed by atoms with van der Waals surface area (Å²) >= 11 is 7.25. The highest BCUT2D eigenvalue weighted by molar-refractivity contribution is 6.32. The highest BCUT2D eigenvalue weighted by Crippen LogP contribution is 2.48. The first-order chi connectivity index (χ1) is 24.5. The molecule has 6 nitrogen and oxygen atoms in total. The van der Waals surface area contributed by atoms with Gasteiger partial charge in [0, 0.05) is 79.4 Å². The van der Waals surface area contributed by atoms with Crippen LogP contribution in [0.1, 0.15) is 109 Å². The Bertz CT molecular complexity index is 1770. The van der Waals surface area contributed by atoms with Gasteiger partial charge in [0.15, 0.2) is 5.71 Å². The summed E-state index contributed by atoms with van der Waals surface area (Å²) in [5, 5.41) is 6.34. The first kappa shape index (κ1) is 41.6. The molecule has 0 spiro atoms. The third kappa shape index (κ3) is 9.30. The zero-order valence-corrected chi connectivity index (χ0v) is 35.0. The second-order valence-electron chi connectivity index (χ2n) is 15.2. The van der Waals surface area contributed by atoms with Crippen molar-refractivity contribution in [2.24, 2.45) is 0 Å². The molecule has 0 aromatic heterocycles. The molecule has 2 aromatic rings. The predicted octanol–water partition coefficient (Wildman–Crippen LogP) is 6.52. The van der Waals surface area contributed by atoms with Crippen LogP contribution in [0.2, 0.25) is 0 Å². The van der Waals surface area contributed by atoms with Gasteiger partial charge in [-0.1, -0.05) is 80.4 Å². The summed E-state index contributed by atoms with van der Waals surface area (Å²) in [6.07, 6.45) is 19.2. The van der Waals surface area contributed by atoms with Crippen LogP contribution in [0.4, 0.5) is 11.4 Å². The van der Waals surface area contributed by atoms with E-state index in [1.54, 1.807) is 14.1 Å². The highest BCUT2D eigenvalue weighted by atomic mass is 127. The fraction of sp³-hybridized carbons (Fsp3) is 0.477. The number of nitrogens with zero attached hydrogens (tertiary/aromatic N) is 2. The maximum atomic E-state index is 11.7. The first-order valence-corrected chi connectivity index (χ1v) is 19.4. The van der Waals surface area contributed by atoms with Crippen molar-refractivity contribution >= 4 is 40.5 Å². The lowest BCUT2D eigenvalue weighted by atomic mass is 9.81. The Hall–Kier alpha value is -3.17. The first-order valence-electron chi connectivity index (χ1n) is 19.0. The number of hydrogen-bond acceptors (Lipinski definition) is 3. The lowest BCUT2D eigenvalue weighted by molar-refractivity contribution is -0.438. The monoisotopic (exact) mass is 836 g/mol. The van der Waals surface area contributed by atoms with Crippen molar-refractivity contribution in [3.8, 4) is 0 Å². The van der Waals surface area contributed by atoms with Gasteiger partial charge in [-0.2, -0.15) is 4.58 Å². The van der Waals surface area contributed by atoms with Crippen LogP contribution in [0.15, 0.2) is 94.7 Å². The molecule has 0 radical (unpaired) electrons. The predicted molar refractivity (Wildman–Crippen MR) is 213 cm³/mol. The minimum Gasteiger partial charge on any atom is -1.00 e. The van der Waals surface area contributed by atoms with E-state index in [2.05, 4.69) is 121 Å². The van der Waals surface area contributed by atoms with Gasteiger partial charge in [-0.05, 0) is 87.6 Å². The number of fused-ring (bicyclic) bond motifs is 2. The number of unbranched alkanes of at least 4 members (excludes halogenated alkanes) is 4. The molecule has 2 amide bonds. The van der Waals surface area contributed by atoms with E-state index in [9.17, 15) is 9.59 Å². The number of nitrogens with one attached hydrogen (secondary N) is 2. The van der Waals surface area contributed by atoms with Crippen molar-refractivity contribution in [2.75, 3.05) is 32.1 Å². The maximum Gasteiger partial charge on any atom is 0.219 e. The lowest BCUT2D eigenvalue weighted by Crippen LogP contribution is -3.00. The van der Waals surface area contributed by atoms with Gasteiger partial charge in [0.05, 0.1) is 5.41 Å². The molecule has 5 rings (SSSR count). The van der Waals surface area contributed by atoms with Crippen LogP contribution in [0.25, 0.3) is 0 Å². The summed E-state index contributed by atoms with van der Waals surface area (Å²) in [5.74, 6) is 0.223. The normalized spacial score (nSPS) is 18.9. The molecule has 2 N–H and O–H groups in total. The number of hydrogen-bond donors (Lipinski definition) is 2. The molecule has 280 valence electrons. The zero-order valence-electron chi connectivity index (χ0n) is 32.1. The minimum absolute atomic E-state index is 0. The molecular weight excluding hydrogens is 779 g/mol. The summed E-state index contributed by atoms with van der Waals surface area (Å²) in [4.78, 5) is 25.9. The van der Waals surface area contributed by atoms with E-state index >= 15 is 0 Å². The van der Waals surface area contributed by atoms with E-state index in [1.807, 2.05) is 0 Å². The van der Waals surface area contributed by atoms with Gasteiger partial charge in [0.25, 0.3) is 0 Å². The SMILES string of the molecule is CNC(=O)CCCCCN1/C(=C/C=C2\CCCC(/C=C/C3=[N+](CCCCCC(=O)NC)c4ccccc4C3(C)C)=C2Cl)C(C)(C)c2ccccc21.[I-]. The molecular formula is C44H58ClIN4O2. The van der Waals surface area contributed by atoms with E-state index in [-0.39, 0.29) is 46.6 Å². The van der Waals surface area contributed by atoms with E-state index in [1.165, 1.54) is 45.1 Å². The summed E-state index contributed by atoms with van der Waals surface area (Å²) < 4.78 is 2.48. The molecule has 3 aliphatic rings. The largest absolute Gasteiger partial charge is 1.00 e. The Labute approximate surface area is 334 Å². The molecule has 2 aliphatic heterocycles. The zero-order chi connectivity index (χ0) is 36.6. The van der Waals surface area contributed by atoms with Crippen molar-refractivity contribution in [2.45, 2.75) is 109 Å². The van der Waals surface area contributed by atoms with Crippen molar-refractivity contribution in [1.29, 1.82) is 0 Å². The number of rotatable bonds is 15. The summed E-state index contributed by atoms with van der Waals surface area (Å²) in [6.45, 7) is 11.1. The molecule has 1 aliphatic carbocycles. The topological polar surface area (TPSA) is 64.5 Å². The molecule has 2 heterocycles. The average molecular weight is 837 g/mol. The molecule has 0 saturated carbocycles. The Morgan fingerprint density at radius 3 is 2.12 bits per heavy atom. The fourth-order valence-electron chi connectivity index (χ4n) is 8.05. The lowest BCUT2D eigenvalue weighted by Gasteiger charge is -2.27. The standard InChI is InChI=1S/C44H57ClN4O2.HI/c1-43(2)34-20-11-13-22-36(34)48(30-15-7-9-24-40(50)46-5)38(43)28-26-32-18-17-19-33(42(32)45)27-29-39-44(3,4)35-21-12-14-23-37(35)49(39)31-16-8-10-25-41(51)47-6;/h11-14,20-23,26-29H,7-10,15-19,24-25,30-31H2,1-6H3,(H-,46,47,50,51);1H. The van der Waals surface area contributed by atoms with E-state index in [0.29, 0.717) is 12.8 Å². The van der Waals surface area contributed by atoms with Crippen LogP contribution in [0.5, 0.6) is 0 Å². The smallest absolute Gasteiger partial charge is 0.219 e. The van der Waals surface area contributed by atoms with E-state index < -0.39 is 0 Å². The van der Waals surface area contributed by atoms with Crippen LogP contribution < -0.4 is 39.5 Å². The van der Waals surface area contributed by atoms with Gasteiger partial charge in [0.2, 0.25) is 17.5 Å². The number of benzene rings is 2. The van der Waals surface area contributed by atoms with Crippen LogP contribution in [-0.4, -0.2) is 49.3 Å². The number of para-hydroxylation sites is 2. The molecule has 8 heteroatoms. The maximum absolute atomic E-state index is 11.7. The minimum atomic E-state index is -0.130. The van der Waals surface area contributed by atoms with Gasteiger partial charge in [0.1, 0.15) is 6.54 Å². The molecule has 0 fully saturated rings. The number of halogens is 2. The summed E-state index contributed by atoms with van der Waals surface area (Å²) in [7, 11) is 3.41. The van der Waals surface area contributed by atoms with Crippen LogP contribution in [0, 0.1) is 0 Å². The molecule has 0 atom stereocenters. The van der Waals surface area contributed by atoms with Gasteiger partial charge >= 0.3 is 0 Å². The molecule has 52 heavy (non-hydrogen) atoms. The summed E-state index contributed by atoms with van der Waals surface area (Å²) in [6, 6.07) is 17.5. The second kappa shape index (κ2) is 18.7. The van der Waals surface area contributed by atoms with Gasteiger partial charge < -0.3 is 39.5 Å². The number of allylic oxidation sites excluding steroid dienone is 8. The van der Waals surface area contributed by atoms with Crippen molar-refractivity contribution in [1.82, 2.24) is 10.6 Å². The van der Waals surface area contributed by atoms with Gasteiger partial charge in [-0.25, -0.2) is 0 Å². The molecule has 0 bridgehead atoms. The Balaban J connectivity index is 0.00000605. The van der Waals surface area contributed by atoms with Crippen LogP contribution in [0.3, 0.4) is 0 Å². The van der Waals surface area contributed by atoms with Crippen LogP contribution >= 0.6 is 11.6 Å². The van der Waals surface area contributed by atoms with Crippen molar-refractivity contribution < 1.29 is 38.1 Å². The van der Waals surface area contributed by atoms with Crippen LogP contribution in [-0.2, 0) is 20.4 Å². The number of carbonyl (C=O) groups is 2. The highest BCUT2D eigenvalue weighted by Gasteiger charge is 2.44. The van der Waals surface area contributed by atoms with Crippen molar-refractivity contribution in [3.63, 3.8) is 0 Å². The summed E-state index contributed by atoms with van der Waals surface area (Å²) in [5.41, 5.74) is 9.97. The molecule has 2 aromatic carbocycles. The Morgan fingerprint density at radius 2 is 1.42 bits per heavy atom. The van der Waals surface area contributed by atoms with Crippen molar-refractivity contribution in [3.05, 3.63) is 106 Å². The fourth-order valence-corrected chi connectivity index (χ4v) is 8.36. The Morgan fingerprint density at radius 1 is 0.788 bits per heavy atom. The van der Waals surface area contributed by atoms with Gasteiger partial charge in [-0.3, -0.25) is 9.59 Å². The molecule has 0 saturated heterocycles. The third-order valence-electron chi connectivity index (χ3n) is 11.1. The van der Waals surface area contributed by atoms with E-state index in [4.69, 9.17) is 11.6 Å². The quantitative estimate of drug-likeness (QED) is 0.122. The number of amides is 2. The number of anilines is 1. The second-order valence-corrected chi connectivity index (χ2v) is 15.6. The number of carbonyl (C=O) groups excluding carboxylic acids is 2. The Kier molecular flexibility index (Phi) is 15.0.